The Kier molecular flexibility index (Phi) is 5.00. The molecular weight excluding hydrogens is 383 g/mol. The van der Waals surface area contributed by atoms with E-state index in [0.717, 1.165) is 16.8 Å². The molecule has 1 N–H and O–H groups in total. The van der Waals surface area contributed by atoms with Crippen LogP contribution < -0.4 is 4.83 Å². The minimum Gasteiger partial charge on any atom is -0.267 e. The molecule has 1 aliphatic heterocycles. The predicted molar refractivity (Wildman–Crippen MR) is 98.2 cm³/mol. The summed E-state index contributed by atoms with van der Waals surface area (Å²) >= 11 is 5.96. The van der Waals surface area contributed by atoms with Crippen LogP contribution in [0, 0.1) is 5.82 Å². The Morgan fingerprint density at radius 2 is 1.72 bits per heavy atom. The zero-order chi connectivity index (χ0) is 18.0. The molecule has 5 nitrogen and oxygen atoms in total. The first kappa shape index (κ1) is 17.7. The van der Waals surface area contributed by atoms with Crippen LogP contribution in [-0.4, -0.2) is 23.7 Å². The number of amides is 1. The minimum atomic E-state index is -3.96. The molecule has 0 spiro atoms. The predicted octanol–water partition coefficient (Wildman–Crippen LogP) is 2.92. The Bertz CT molecular complexity index is 975. The van der Waals surface area contributed by atoms with Gasteiger partial charge in [-0.05, 0) is 24.3 Å². The molecule has 3 rings (SSSR count). The van der Waals surface area contributed by atoms with Crippen molar-refractivity contribution in [2.75, 3.05) is 0 Å². The number of nitrogens with one attached hydrogen (secondary N) is 1. The van der Waals surface area contributed by atoms with E-state index in [-0.39, 0.29) is 19.7 Å². The Morgan fingerprint density at radius 1 is 1.08 bits per heavy atom. The van der Waals surface area contributed by atoms with E-state index in [1.807, 2.05) is 0 Å². The van der Waals surface area contributed by atoms with Crippen LogP contribution in [0.4, 0.5) is 4.39 Å². The first-order chi connectivity index (χ1) is 11.9. The zero-order valence-electron chi connectivity index (χ0n) is 12.5. The summed E-state index contributed by atoms with van der Waals surface area (Å²) in [7, 11) is -3.96. The van der Waals surface area contributed by atoms with Crippen LogP contribution in [0.5, 0.6) is 0 Å². The number of carbonyl (C=O) groups excluding carboxylic acids is 1. The first-order valence-electron chi connectivity index (χ1n) is 6.98. The molecule has 1 fully saturated rings. The molecule has 0 atom stereocenters. The van der Waals surface area contributed by atoms with Gasteiger partial charge in [0.2, 0.25) is 0 Å². The summed E-state index contributed by atoms with van der Waals surface area (Å²) in [5, 5.41) is 0.773. The molecule has 25 heavy (non-hydrogen) atoms. The third-order valence-corrected chi connectivity index (χ3v) is 5.87. The van der Waals surface area contributed by atoms with Crippen molar-refractivity contribution in [1.82, 2.24) is 9.84 Å². The van der Waals surface area contributed by atoms with Crippen LogP contribution in [0.15, 0.2) is 64.4 Å². The Hall–Kier alpha value is -2.07. The summed E-state index contributed by atoms with van der Waals surface area (Å²) in [6.45, 7) is 0. The molecule has 9 heteroatoms. The standard InChI is InChI=1S/C16H11FN2O3S3/c17-13-9-5-4-6-11(13)10-14-15(20)19(16(23)24-14)18-25(21,22)12-7-2-1-3-8-12/h1-10,18H/b14-10-. The lowest BCUT2D eigenvalue weighted by molar-refractivity contribution is -0.123. The molecule has 0 aromatic heterocycles. The van der Waals surface area contributed by atoms with Crippen LogP contribution in [0.2, 0.25) is 0 Å². The fraction of sp³-hybridized carbons (Fsp3) is 0. The van der Waals surface area contributed by atoms with Crippen molar-refractivity contribution in [2.45, 2.75) is 4.90 Å². The average molecular weight is 394 g/mol. The second-order valence-corrected chi connectivity index (χ2v) is 8.28. The normalized spacial score (nSPS) is 16.7. The fourth-order valence-corrected chi connectivity index (χ4v) is 4.37. The van der Waals surface area contributed by atoms with Gasteiger partial charge in [-0.25, -0.2) is 17.8 Å². The molecule has 1 heterocycles. The van der Waals surface area contributed by atoms with Crippen molar-refractivity contribution in [1.29, 1.82) is 0 Å². The minimum absolute atomic E-state index is 0.00198. The van der Waals surface area contributed by atoms with Gasteiger partial charge in [0, 0.05) is 5.56 Å². The highest BCUT2D eigenvalue weighted by atomic mass is 32.2. The number of thioether (sulfide) groups is 1. The molecule has 1 aliphatic rings. The Morgan fingerprint density at radius 3 is 2.40 bits per heavy atom. The van der Waals surface area contributed by atoms with Gasteiger partial charge in [0.25, 0.3) is 15.9 Å². The number of nitrogens with zero attached hydrogens (tertiary/aromatic N) is 1. The van der Waals surface area contributed by atoms with Crippen LogP contribution in [0.1, 0.15) is 5.56 Å². The molecule has 2 aromatic rings. The highest BCUT2D eigenvalue weighted by Gasteiger charge is 2.35. The van der Waals surface area contributed by atoms with E-state index >= 15 is 0 Å². The van der Waals surface area contributed by atoms with Gasteiger partial charge in [-0.1, -0.05) is 60.4 Å². The average Bonchev–Trinajstić information content (AvgIpc) is 2.85. The summed E-state index contributed by atoms with van der Waals surface area (Å²) in [5.74, 6) is -1.14. The molecule has 128 valence electrons. The van der Waals surface area contributed by atoms with Crippen molar-refractivity contribution in [3.8, 4) is 0 Å². The van der Waals surface area contributed by atoms with Crippen LogP contribution in [0.25, 0.3) is 6.08 Å². The van der Waals surface area contributed by atoms with E-state index in [1.165, 1.54) is 36.4 Å². The smallest absolute Gasteiger partial charge is 0.267 e. The molecule has 0 radical (unpaired) electrons. The second kappa shape index (κ2) is 7.04. The molecule has 0 bridgehead atoms. The Labute approximate surface area is 153 Å². The lowest BCUT2D eigenvalue weighted by Crippen LogP contribution is -2.44. The maximum atomic E-state index is 13.7. The lowest BCUT2D eigenvalue weighted by Gasteiger charge is -2.15. The Balaban J connectivity index is 1.86. The number of sulfonamides is 1. The molecule has 0 aliphatic carbocycles. The van der Waals surface area contributed by atoms with E-state index in [1.54, 1.807) is 24.3 Å². The fourth-order valence-electron chi connectivity index (χ4n) is 2.05. The van der Waals surface area contributed by atoms with Gasteiger partial charge in [-0.2, -0.15) is 0 Å². The van der Waals surface area contributed by atoms with Gasteiger partial charge in [-0.3, -0.25) is 4.79 Å². The van der Waals surface area contributed by atoms with E-state index in [2.05, 4.69) is 4.83 Å². The summed E-state index contributed by atoms with van der Waals surface area (Å²) < 4.78 is 38.4. The number of thiocarbonyl (C=S) groups is 1. The number of rotatable bonds is 4. The van der Waals surface area contributed by atoms with Crippen LogP contribution >= 0.6 is 24.0 Å². The van der Waals surface area contributed by atoms with Crippen molar-refractivity contribution < 1.29 is 17.6 Å². The summed E-state index contributed by atoms with van der Waals surface area (Å²) in [6, 6.07) is 13.5. The highest BCUT2D eigenvalue weighted by molar-refractivity contribution is 8.26. The van der Waals surface area contributed by atoms with Gasteiger partial charge in [0.15, 0.2) is 4.32 Å². The number of benzene rings is 2. The van der Waals surface area contributed by atoms with Gasteiger partial charge in [0.1, 0.15) is 5.82 Å². The maximum absolute atomic E-state index is 13.7. The SMILES string of the molecule is O=C1/C(=C/c2ccccc2F)SC(=S)N1NS(=O)(=O)c1ccccc1. The summed E-state index contributed by atoms with van der Waals surface area (Å²) in [5.41, 5.74) is 0.217. The molecule has 1 amide bonds. The number of halogens is 1. The van der Waals surface area contributed by atoms with E-state index in [4.69, 9.17) is 12.2 Å². The van der Waals surface area contributed by atoms with Crippen LogP contribution in [-0.2, 0) is 14.8 Å². The monoisotopic (exact) mass is 394 g/mol. The second-order valence-electron chi connectivity index (χ2n) is 4.95. The maximum Gasteiger partial charge on any atom is 0.281 e. The van der Waals surface area contributed by atoms with E-state index in [0.29, 0.717) is 0 Å². The molecule has 0 saturated carbocycles. The van der Waals surface area contributed by atoms with Crippen LogP contribution in [0.3, 0.4) is 0 Å². The van der Waals surface area contributed by atoms with E-state index < -0.39 is 21.7 Å². The van der Waals surface area contributed by atoms with Crippen molar-refractivity contribution in [3.63, 3.8) is 0 Å². The quantitative estimate of drug-likeness (QED) is 0.638. The van der Waals surface area contributed by atoms with Gasteiger partial charge < -0.3 is 0 Å². The van der Waals surface area contributed by atoms with E-state index in [9.17, 15) is 17.6 Å². The number of hydrogen-bond donors (Lipinski definition) is 1. The number of carbonyl (C=O) groups is 1. The van der Waals surface area contributed by atoms with Crippen molar-refractivity contribution in [3.05, 3.63) is 70.9 Å². The molecule has 1 saturated heterocycles. The number of hydrogen-bond acceptors (Lipinski definition) is 5. The highest BCUT2D eigenvalue weighted by Crippen LogP contribution is 2.32. The first-order valence-corrected chi connectivity index (χ1v) is 9.69. The van der Waals surface area contributed by atoms with Gasteiger partial charge in [0.05, 0.1) is 9.80 Å². The summed E-state index contributed by atoms with van der Waals surface area (Å²) in [4.78, 5) is 14.7. The zero-order valence-corrected chi connectivity index (χ0v) is 15.0. The largest absolute Gasteiger partial charge is 0.281 e. The third kappa shape index (κ3) is 3.79. The van der Waals surface area contributed by atoms with Crippen molar-refractivity contribution >= 4 is 50.3 Å². The number of hydrazine groups is 1. The van der Waals surface area contributed by atoms with Gasteiger partial charge >= 0.3 is 0 Å². The van der Waals surface area contributed by atoms with Gasteiger partial charge in [-0.15, -0.1) is 4.83 Å². The van der Waals surface area contributed by atoms with Crippen molar-refractivity contribution in [2.24, 2.45) is 0 Å². The molecule has 0 unspecified atom stereocenters. The lowest BCUT2D eigenvalue weighted by atomic mass is 10.2. The molecular formula is C16H11FN2O3S3. The topological polar surface area (TPSA) is 66.5 Å². The third-order valence-electron chi connectivity index (χ3n) is 3.25. The summed E-state index contributed by atoms with van der Waals surface area (Å²) in [6.07, 6.45) is 1.34. The molecule has 2 aromatic carbocycles.